The van der Waals surface area contributed by atoms with Gasteiger partial charge >= 0.3 is 32.3 Å². The molecule has 19 heteroatoms. The van der Waals surface area contributed by atoms with Crippen molar-refractivity contribution < 1.29 is 53.0 Å². The van der Waals surface area contributed by atoms with Crippen molar-refractivity contribution in [2.24, 2.45) is 10.6 Å². The molecule has 4 heterocycles. The molecule has 17 nitrogen and oxygen atoms in total. The van der Waals surface area contributed by atoms with Gasteiger partial charge in [0.05, 0.1) is 23.1 Å². The minimum atomic E-state index is -5.59. The molecular formula is C24H31N5O12P2. The molecule has 1 amide bonds. The van der Waals surface area contributed by atoms with Crippen molar-refractivity contribution >= 4 is 49.8 Å². The number of hydrogen-bond acceptors (Lipinski definition) is 10. The van der Waals surface area contributed by atoms with E-state index in [-0.39, 0.29) is 43.2 Å². The third-order valence-corrected chi connectivity index (χ3v) is 12.1. The normalized spacial score (nSPS) is 19.7. The first-order chi connectivity index (χ1) is 20.0. The Kier molecular flexibility index (Phi) is 7.52. The summed E-state index contributed by atoms with van der Waals surface area (Å²) in [4.78, 5) is 88.6. The summed E-state index contributed by atoms with van der Waals surface area (Å²) in [7, 11) is -9.84. The fourth-order valence-electron chi connectivity index (χ4n) is 5.48. The first-order valence-corrected chi connectivity index (χ1v) is 16.5. The zero-order valence-electron chi connectivity index (χ0n) is 23.4. The molecule has 5 rings (SSSR count). The average molecular weight is 643 g/mol. The number of likely N-dealkylation sites (tertiary alicyclic amines) is 1. The number of fused-ring (bicyclic) bond motifs is 1. The van der Waals surface area contributed by atoms with Crippen molar-refractivity contribution in [2.75, 3.05) is 38.2 Å². The van der Waals surface area contributed by atoms with E-state index < -0.39 is 43.2 Å². The van der Waals surface area contributed by atoms with Crippen molar-refractivity contribution in [1.29, 1.82) is 0 Å². The topological polar surface area (TPSA) is 242 Å². The zero-order valence-corrected chi connectivity index (χ0v) is 25.2. The largest absolute Gasteiger partial charge is 0.477 e. The molecule has 1 aliphatic carbocycles. The highest BCUT2D eigenvalue weighted by atomic mass is 31.2. The van der Waals surface area contributed by atoms with Gasteiger partial charge in [0.15, 0.2) is 0 Å². The SMILES string of the molecule is CCc1cc2c(=O)c(C(=O)O)cn(C3CC3)c2nc1N1C/C(=N/OC)C2(CN(C(=O)OC(C)(P(=O)(O)O)P(=O)(O)O)C2)C1. The van der Waals surface area contributed by atoms with E-state index in [0.717, 1.165) is 17.7 Å². The molecule has 3 fully saturated rings. The molecule has 0 unspecified atom stereocenters. The molecule has 2 aromatic heterocycles. The molecule has 0 aromatic carbocycles. The first kappa shape index (κ1) is 31.1. The maximum absolute atomic E-state index is 13.1. The second kappa shape index (κ2) is 10.4. The van der Waals surface area contributed by atoms with Crippen molar-refractivity contribution in [3.05, 3.63) is 33.6 Å². The van der Waals surface area contributed by atoms with E-state index in [2.05, 4.69) is 5.16 Å². The van der Waals surface area contributed by atoms with E-state index >= 15 is 0 Å². The van der Waals surface area contributed by atoms with Crippen LogP contribution in [-0.4, -0.2) is 95.3 Å². The van der Waals surface area contributed by atoms with Crippen LogP contribution in [0.1, 0.15) is 48.7 Å². The van der Waals surface area contributed by atoms with Crippen LogP contribution >= 0.6 is 15.2 Å². The summed E-state index contributed by atoms with van der Waals surface area (Å²) in [6.45, 7) is 2.70. The quantitative estimate of drug-likeness (QED) is 0.201. The molecule has 1 saturated carbocycles. The van der Waals surface area contributed by atoms with Gasteiger partial charge in [-0.1, -0.05) is 12.1 Å². The van der Waals surface area contributed by atoms with Gasteiger partial charge in [-0.2, -0.15) is 0 Å². The number of carboxylic acids is 1. The van der Waals surface area contributed by atoms with Crippen LogP contribution in [0.2, 0.25) is 0 Å². The Hall–Kier alpha value is -3.33. The summed E-state index contributed by atoms with van der Waals surface area (Å²) < 4.78 is 30.2. The molecule has 2 aliphatic heterocycles. The average Bonchev–Trinajstić information content (AvgIpc) is 3.66. The fraction of sp³-hybridized carbons (Fsp3) is 0.542. The van der Waals surface area contributed by atoms with E-state index in [0.29, 0.717) is 36.1 Å². The molecule has 2 saturated heterocycles. The maximum Gasteiger partial charge on any atom is 0.411 e. The summed E-state index contributed by atoms with van der Waals surface area (Å²) in [5, 5.41) is 10.6. The van der Waals surface area contributed by atoms with Crippen LogP contribution in [0.15, 0.2) is 22.2 Å². The lowest BCUT2D eigenvalue weighted by Gasteiger charge is -2.47. The molecule has 0 radical (unpaired) electrons. The van der Waals surface area contributed by atoms with Gasteiger partial charge in [0.2, 0.25) is 5.43 Å². The minimum absolute atomic E-state index is 0.0164. The van der Waals surface area contributed by atoms with Crippen LogP contribution in [0.3, 0.4) is 0 Å². The lowest BCUT2D eigenvalue weighted by molar-refractivity contribution is 0.0131. The van der Waals surface area contributed by atoms with Gasteiger partial charge in [0.1, 0.15) is 24.1 Å². The van der Waals surface area contributed by atoms with Crippen LogP contribution in [0.25, 0.3) is 11.0 Å². The van der Waals surface area contributed by atoms with Crippen LogP contribution in [0.4, 0.5) is 10.6 Å². The highest BCUT2D eigenvalue weighted by Crippen LogP contribution is 2.69. The number of nitrogens with zero attached hydrogens (tertiary/aromatic N) is 5. The van der Waals surface area contributed by atoms with Gasteiger partial charge in [-0.3, -0.25) is 13.9 Å². The maximum atomic E-state index is 13.1. The number of hydrogen-bond donors (Lipinski definition) is 5. The molecule has 2 aromatic rings. The molecule has 1 spiro atoms. The van der Waals surface area contributed by atoms with Crippen LogP contribution in [-0.2, 0) is 25.1 Å². The van der Waals surface area contributed by atoms with Crippen molar-refractivity contribution in [1.82, 2.24) is 14.5 Å². The highest BCUT2D eigenvalue weighted by Gasteiger charge is 2.62. The number of rotatable bonds is 8. The molecule has 234 valence electrons. The Morgan fingerprint density at radius 2 is 1.79 bits per heavy atom. The lowest BCUT2D eigenvalue weighted by atomic mass is 9.78. The number of carbonyl (C=O) groups is 2. The van der Waals surface area contributed by atoms with Gasteiger partial charge in [0, 0.05) is 31.9 Å². The second-order valence-electron chi connectivity index (χ2n) is 11.1. The Balaban J connectivity index is 1.47. The predicted molar refractivity (Wildman–Crippen MR) is 150 cm³/mol. The minimum Gasteiger partial charge on any atom is -0.477 e. The van der Waals surface area contributed by atoms with E-state index in [1.807, 2.05) is 11.8 Å². The summed E-state index contributed by atoms with van der Waals surface area (Å²) in [6, 6.07) is 1.67. The molecule has 5 N–H and O–H groups in total. The molecule has 0 atom stereocenters. The van der Waals surface area contributed by atoms with Gasteiger partial charge < -0.3 is 48.6 Å². The predicted octanol–water partition coefficient (Wildman–Crippen LogP) is 1.28. The Bertz CT molecular complexity index is 1680. The Labute approximate surface area is 244 Å². The van der Waals surface area contributed by atoms with Gasteiger partial charge in [-0.25, -0.2) is 14.6 Å². The molecular weight excluding hydrogens is 612 g/mol. The first-order valence-electron chi connectivity index (χ1n) is 13.2. The van der Waals surface area contributed by atoms with Crippen LogP contribution in [0, 0.1) is 5.41 Å². The standard InChI is InChI=1S/C24H31N5O12P2/c1-4-13-7-15-18(30)16(21(31)32)8-29(14-5-6-14)20(15)25-19(13)27-9-17(26-40-3)24(10-27)11-28(12-24)22(33)41-23(2,42(34,35)36)43(37,38)39/h7-8,14H,4-6,9-12H2,1-3H3,(H,31,32)(H2,34,35,36)(H2,37,38,39)/b26-17-. The second-order valence-corrected chi connectivity index (χ2v) is 15.3. The number of carbonyl (C=O) groups excluding carboxylic acids is 1. The number of aromatic nitrogens is 2. The monoisotopic (exact) mass is 643 g/mol. The zero-order chi connectivity index (χ0) is 31.7. The third-order valence-electron chi connectivity index (χ3n) is 8.17. The van der Waals surface area contributed by atoms with E-state index in [1.165, 1.54) is 13.3 Å². The van der Waals surface area contributed by atoms with Crippen molar-refractivity contribution in [3.63, 3.8) is 0 Å². The third kappa shape index (κ3) is 5.13. The molecule has 3 aliphatic rings. The summed E-state index contributed by atoms with van der Waals surface area (Å²) >= 11 is 0. The van der Waals surface area contributed by atoms with Gasteiger partial charge in [-0.15, -0.1) is 0 Å². The van der Waals surface area contributed by atoms with Gasteiger partial charge in [0.25, 0.3) is 0 Å². The van der Waals surface area contributed by atoms with E-state index in [4.69, 9.17) is 14.6 Å². The number of aromatic carboxylic acids is 1. The Morgan fingerprint density at radius 3 is 2.30 bits per heavy atom. The van der Waals surface area contributed by atoms with E-state index in [1.54, 1.807) is 10.6 Å². The summed E-state index contributed by atoms with van der Waals surface area (Å²) in [6.07, 6.45) is 2.09. The Morgan fingerprint density at radius 1 is 1.16 bits per heavy atom. The number of amides is 1. The fourth-order valence-corrected chi connectivity index (χ4v) is 7.23. The number of carboxylic acid groups (broad SMARTS) is 1. The number of anilines is 1. The van der Waals surface area contributed by atoms with E-state index in [9.17, 15) is 48.2 Å². The summed E-state index contributed by atoms with van der Waals surface area (Å²) in [5.74, 6) is -0.788. The molecule has 43 heavy (non-hydrogen) atoms. The van der Waals surface area contributed by atoms with Crippen molar-refractivity contribution in [2.45, 2.75) is 44.2 Å². The number of ether oxygens (including phenoxy) is 1. The van der Waals surface area contributed by atoms with Crippen LogP contribution in [0.5, 0.6) is 0 Å². The number of oxime groups is 1. The number of aryl methyl sites for hydroxylation is 1. The summed E-state index contributed by atoms with van der Waals surface area (Å²) in [5.41, 5.74) is -0.210. The highest BCUT2D eigenvalue weighted by molar-refractivity contribution is 7.72. The number of pyridine rings is 2. The van der Waals surface area contributed by atoms with Crippen LogP contribution < -0.4 is 10.3 Å². The van der Waals surface area contributed by atoms with Gasteiger partial charge in [-0.05, 0) is 37.8 Å². The lowest BCUT2D eigenvalue weighted by Crippen LogP contribution is -2.63. The van der Waals surface area contributed by atoms with Crippen molar-refractivity contribution in [3.8, 4) is 0 Å². The molecule has 0 bridgehead atoms. The smallest absolute Gasteiger partial charge is 0.411 e.